The second-order valence-corrected chi connectivity index (χ2v) is 13.5. The van der Waals surface area contributed by atoms with Crippen LogP contribution in [0.25, 0.3) is 54.8 Å². The minimum Gasteiger partial charge on any atom is -0.429 e. The van der Waals surface area contributed by atoms with Crippen molar-refractivity contribution < 1.29 is 51.8 Å². The number of halogens is 1. The van der Waals surface area contributed by atoms with Crippen molar-refractivity contribution in [3.63, 3.8) is 0 Å². The first-order valence-electron chi connectivity index (χ1n) is 20.9. The van der Waals surface area contributed by atoms with E-state index in [0.717, 1.165) is 22.3 Å². The minimum atomic E-state index is 0. The number of para-hydroxylation sites is 4. The average molecular weight is 1250 g/mol. The van der Waals surface area contributed by atoms with Crippen LogP contribution in [0.3, 0.4) is 0 Å². The van der Waals surface area contributed by atoms with Crippen molar-refractivity contribution in [2.24, 2.45) is 14.1 Å². The van der Waals surface area contributed by atoms with Crippen molar-refractivity contribution in [1.29, 1.82) is 0 Å². The fourth-order valence-electron chi connectivity index (χ4n) is 6.13. The van der Waals surface area contributed by atoms with Crippen LogP contribution in [0.2, 0.25) is 0 Å². The van der Waals surface area contributed by atoms with Gasteiger partial charge in [0, 0.05) is 64.3 Å². The number of fused-ring (bicyclic) bond motifs is 6. The molecule has 0 atom stereocenters. The van der Waals surface area contributed by atoms with E-state index >= 15 is 0 Å². The number of rotatable bonds is 6. The molecular weight excluding hydrogens is 1190 g/mol. The van der Waals surface area contributed by atoms with Gasteiger partial charge in [0.15, 0.2) is 0 Å². The number of hydrogen-bond acceptors (Lipinski definition) is 2. The second kappa shape index (κ2) is 36.0. The Labute approximate surface area is 422 Å². The first-order valence-corrected chi connectivity index (χ1v) is 22.5. The summed E-state index contributed by atoms with van der Waals surface area (Å²) in [5.41, 5.74) is 9.65. The molecule has 0 unspecified atom stereocenters. The Hall–Kier alpha value is -4.28. The molecule has 1 N–H and O–H groups in total. The van der Waals surface area contributed by atoms with Crippen molar-refractivity contribution in [3.8, 4) is 0 Å². The predicted octanol–water partition coefficient (Wildman–Crippen LogP) is 15.2. The smallest absolute Gasteiger partial charge is 0.429 e. The fraction of sp³-hybridized carbons (Fsp3) is 0.214. The van der Waals surface area contributed by atoms with Crippen LogP contribution in [0.1, 0.15) is 66.0 Å². The number of benzene rings is 6. The van der Waals surface area contributed by atoms with Crippen LogP contribution < -0.4 is 0 Å². The SMILES string of the molecule is C/C=C\[C-]=C(C)c1[c-]cccc1.C/C=C\[C-]=C(C)c1[c-]cccc1.CBr.CCC.CCO[B]O.Cn1c2ccccc2c2ccccc21.Cn1c2ccccc2c2ccccc21.[W+2].[W+2]. The molecule has 8 aromatic rings. The van der Waals surface area contributed by atoms with Crippen LogP contribution in [0.5, 0.6) is 0 Å². The minimum absolute atomic E-state index is 0. The van der Waals surface area contributed by atoms with Crippen LogP contribution >= 0.6 is 15.9 Å². The standard InChI is InChI=1S/2C13H11N.2C12H12.C3H8.C2H6BO2.CH3Br.2W/c2*1-14-12-8-4-2-6-10(12)11-7-3-5-9-13(11)14;2*1-3-4-8-11(2)12-9-6-5-7-10-12;1-3-2;1-2-5-3-4;1-2;;/h2*2-9H,1H3;2*3-7,9H,1-2H3;3H2,1-2H3;4H,2H2,1H3;1H3;;/q;;2*-2;;;;2*+2/b;;2*4-3-;;;;;. The van der Waals surface area contributed by atoms with Crippen molar-refractivity contribution in [3.05, 3.63) is 205 Å². The third-order valence-electron chi connectivity index (χ3n) is 9.04. The van der Waals surface area contributed by atoms with E-state index in [1.807, 2.05) is 106 Å². The van der Waals surface area contributed by atoms with Gasteiger partial charge in [0.1, 0.15) is 0 Å². The normalized spacial score (nSPS) is 10.5. The van der Waals surface area contributed by atoms with E-state index in [1.54, 1.807) is 6.92 Å². The molecule has 8 heteroatoms. The summed E-state index contributed by atoms with van der Waals surface area (Å²) < 4.78 is 8.75. The zero-order chi connectivity index (χ0) is 45.5. The fourth-order valence-corrected chi connectivity index (χ4v) is 6.13. The van der Waals surface area contributed by atoms with E-state index < -0.39 is 0 Å². The van der Waals surface area contributed by atoms with Crippen molar-refractivity contribution in [2.75, 3.05) is 12.4 Å². The van der Waals surface area contributed by atoms with E-state index in [2.05, 4.69) is 179 Å². The monoisotopic (exact) mass is 1250 g/mol. The molecule has 0 saturated heterocycles. The van der Waals surface area contributed by atoms with Gasteiger partial charge < -0.3 is 18.8 Å². The molecular formula is C56H63BBrN2O2W2. The molecule has 4 nitrogen and oxygen atoms in total. The third-order valence-corrected chi connectivity index (χ3v) is 9.04. The van der Waals surface area contributed by atoms with Crippen LogP contribution in [-0.4, -0.2) is 34.3 Å². The Balaban J connectivity index is 0.000000767. The number of hydrogen-bond donors (Lipinski definition) is 1. The summed E-state index contributed by atoms with van der Waals surface area (Å²) in [6.07, 6.45) is 15.3. The van der Waals surface area contributed by atoms with Crippen LogP contribution in [0, 0.1) is 24.3 Å². The molecule has 0 bridgehead atoms. The van der Waals surface area contributed by atoms with Gasteiger partial charge in [-0.05, 0) is 37.0 Å². The van der Waals surface area contributed by atoms with Gasteiger partial charge in [0.2, 0.25) is 0 Å². The van der Waals surface area contributed by atoms with Crippen molar-refractivity contribution in [2.45, 2.75) is 54.9 Å². The quantitative estimate of drug-likeness (QED) is 0.0780. The Morgan fingerprint density at radius 2 is 0.844 bits per heavy atom. The zero-order valence-electron chi connectivity index (χ0n) is 39.1. The summed E-state index contributed by atoms with van der Waals surface area (Å²) in [4.78, 5) is 0. The molecule has 0 fully saturated rings. The Morgan fingerprint density at radius 3 is 1.06 bits per heavy atom. The molecule has 0 aliphatic carbocycles. The number of nitrogens with zero attached hydrogens (tertiary/aromatic N) is 2. The molecule has 331 valence electrons. The number of aromatic nitrogens is 2. The summed E-state index contributed by atoms with van der Waals surface area (Å²) in [5, 5.41) is 13.1. The van der Waals surface area contributed by atoms with Crippen LogP contribution in [-0.2, 0) is 60.9 Å². The summed E-state index contributed by atoms with van der Waals surface area (Å²) >= 11 is 2.94. The maximum absolute atomic E-state index is 7.72. The topological polar surface area (TPSA) is 39.3 Å². The number of aryl methyl sites for hydroxylation is 2. The average Bonchev–Trinajstić information content (AvgIpc) is 3.79. The van der Waals surface area contributed by atoms with Crippen molar-refractivity contribution >= 4 is 78.4 Å². The van der Waals surface area contributed by atoms with Crippen LogP contribution in [0.4, 0.5) is 0 Å². The molecule has 8 rings (SSSR count). The third kappa shape index (κ3) is 19.4. The first kappa shape index (κ1) is 59.7. The summed E-state index contributed by atoms with van der Waals surface area (Å²) in [6.45, 7) is 14.6. The van der Waals surface area contributed by atoms with Crippen molar-refractivity contribution in [1.82, 2.24) is 9.13 Å². The number of alkyl halides is 1. The van der Waals surface area contributed by atoms with E-state index in [-0.39, 0.29) is 42.1 Å². The van der Waals surface area contributed by atoms with E-state index in [1.165, 1.54) is 50.0 Å². The maximum atomic E-state index is 7.72. The summed E-state index contributed by atoms with van der Waals surface area (Å²) in [5.74, 6) is 1.81. The number of allylic oxidation sites excluding steroid dienone is 8. The molecule has 1 radical (unpaired) electrons. The summed E-state index contributed by atoms with van der Waals surface area (Å²) in [6, 6.07) is 56.2. The molecule has 0 spiro atoms. The zero-order valence-corrected chi connectivity index (χ0v) is 46.6. The van der Waals surface area contributed by atoms with Gasteiger partial charge in [0.25, 0.3) is 0 Å². The van der Waals surface area contributed by atoms with E-state index in [4.69, 9.17) is 5.02 Å². The molecule has 64 heavy (non-hydrogen) atoms. The van der Waals surface area contributed by atoms with E-state index in [9.17, 15) is 0 Å². The van der Waals surface area contributed by atoms with Gasteiger partial charge in [0.05, 0.1) is 0 Å². The molecule has 2 heterocycles. The van der Waals surface area contributed by atoms with Gasteiger partial charge in [-0.1, -0.05) is 137 Å². The van der Waals surface area contributed by atoms with Gasteiger partial charge in [-0.3, -0.25) is 0 Å². The van der Waals surface area contributed by atoms with Crippen LogP contribution in [0.15, 0.2) is 170 Å². The van der Waals surface area contributed by atoms with E-state index in [0.29, 0.717) is 14.3 Å². The Bertz CT molecular complexity index is 2280. The Kier molecular flexibility index (Phi) is 33.6. The molecule has 2 aromatic heterocycles. The molecule has 0 amide bonds. The largest absolute Gasteiger partial charge is 2.00 e. The molecule has 0 aliphatic heterocycles. The predicted molar refractivity (Wildman–Crippen MR) is 276 cm³/mol. The van der Waals surface area contributed by atoms with Gasteiger partial charge >= 0.3 is 49.8 Å². The molecule has 0 aliphatic rings. The maximum Gasteiger partial charge on any atom is 2.00 e. The molecule has 0 saturated carbocycles. The second-order valence-electron chi connectivity index (χ2n) is 13.5. The van der Waals surface area contributed by atoms with Gasteiger partial charge in [-0.2, -0.15) is 60.7 Å². The Morgan fingerprint density at radius 1 is 0.562 bits per heavy atom. The first-order chi connectivity index (χ1) is 30.3. The van der Waals surface area contributed by atoms with Gasteiger partial charge in [-0.15, -0.1) is 12.1 Å². The molecule has 6 aromatic carbocycles. The summed E-state index contributed by atoms with van der Waals surface area (Å²) in [7, 11) is 4.91. The van der Waals surface area contributed by atoms with Gasteiger partial charge in [-0.25, -0.2) is 46.6 Å².